The number of carboxylic acids is 1. The van der Waals surface area contributed by atoms with E-state index in [2.05, 4.69) is 4.74 Å². The van der Waals surface area contributed by atoms with Gasteiger partial charge in [0.2, 0.25) is 10.0 Å². The third-order valence-corrected chi connectivity index (χ3v) is 4.61. The summed E-state index contributed by atoms with van der Waals surface area (Å²) >= 11 is 0. The van der Waals surface area contributed by atoms with E-state index in [4.69, 9.17) is 5.11 Å². The number of carbonyl (C=O) groups is 2. The molecule has 19 heavy (non-hydrogen) atoms. The fourth-order valence-corrected chi connectivity index (χ4v) is 3.30. The number of ether oxygens (including phenoxy) is 1. The van der Waals surface area contributed by atoms with Crippen molar-refractivity contribution in [2.24, 2.45) is 0 Å². The van der Waals surface area contributed by atoms with Crippen LogP contribution in [-0.2, 0) is 24.3 Å². The maximum Gasteiger partial charge on any atom is 0.305 e. The molecule has 112 valence electrons. The van der Waals surface area contributed by atoms with Gasteiger partial charge < -0.3 is 9.84 Å². The van der Waals surface area contributed by atoms with E-state index in [1.165, 1.54) is 7.11 Å². The Labute approximate surface area is 113 Å². The van der Waals surface area contributed by atoms with Crippen LogP contribution in [0.5, 0.6) is 0 Å². The molecule has 0 fully saturated rings. The highest BCUT2D eigenvalue weighted by Gasteiger charge is 2.25. The number of esters is 1. The van der Waals surface area contributed by atoms with Crippen molar-refractivity contribution in [3.05, 3.63) is 0 Å². The Bertz CT molecular complexity index is 403. The molecule has 0 saturated heterocycles. The summed E-state index contributed by atoms with van der Waals surface area (Å²) in [6, 6.07) is -0.317. The van der Waals surface area contributed by atoms with E-state index in [0.29, 0.717) is 0 Å². The zero-order valence-electron chi connectivity index (χ0n) is 11.5. The minimum Gasteiger partial charge on any atom is -0.481 e. The number of methoxy groups -OCH3 is 1. The molecule has 8 heteroatoms. The van der Waals surface area contributed by atoms with E-state index in [0.717, 1.165) is 4.31 Å². The first kappa shape index (κ1) is 17.8. The molecule has 0 spiro atoms. The second kappa shape index (κ2) is 8.11. The Balaban J connectivity index is 4.53. The summed E-state index contributed by atoms with van der Waals surface area (Å²) in [7, 11) is -2.32. The highest BCUT2D eigenvalue weighted by atomic mass is 32.2. The van der Waals surface area contributed by atoms with Crippen LogP contribution in [0.15, 0.2) is 0 Å². The molecule has 0 aromatic heterocycles. The summed E-state index contributed by atoms with van der Waals surface area (Å²) in [4.78, 5) is 21.4. The zero-order valence-corrected chi connectivity index (χ0v) is 12.3. The summed E-state index contributed by atoms with van der Waals surface area (Å²) in [6.45, 7) is 3.30. The molecule has 7 nitrogen and oxygen atoms in total. The molecule has 0 saturated carbocycles. The lowest BCUT2D eigenvalue weighted by Crippen LogP contribution is -2.40. The van der Waals surface area contributed by atoms with Crippen molar-refractivity contribution in [1.82, 2.24) is 4.31 Å². The van der Waals surface area contributed by atoms with Crippen molar-refractivity contribution in [3.63, 3.8) is 0 Å². The summed E-state index contributed by atoms with van der Waals surface area (Å²) in [5.74, 6) is -1.70. The highest BCUT2D eigenvalue weighted by Crippen LogP contribution is 2.11. The minimum atomic E-state index is -3.56. The Morgan fingerprint density at radius 3 is 2.26 bits per heavy atom. The molecule has 0 aliphatic carbocycles. The van der Waals surface area contributed by atoms with Crippen LogP contribution in [0.2, 0.25) is 0 Å². The number of rotatable bonds is 9. The lowest BCUT2D eigenvalue weighted by molar-refractivity contribution is -0.140. The summed E-state index contributed by atoms with van der Waals surface area (Å²) in [5, 5.41) is 8.61. The molecule has 0 radical (unpaired) electrons. The number of hydrogen-bond donors (Lipinski definition) is 1. The molecule has 0 aromatic carbocycles. The van der Waals surface area contributed by atoms with Gasteiger partial charge in [0, 0.05) is 19.0 Å². The normalized spacial score (nSPS) is 11.8. The lowest BCUT2D eigenvalue weighted by Gasteiger charge is -2.25. The van der Waals surface area contributed by atoms with Crippen LogP contribution in [0.1, 0.15) is 33.1 Å². The maximum absolute atomic E-state index is 12.0. The fourth-order valence-electron chi connectivity index (χ4n) is 1.54. The summed E-state index contributed by atoms with van der Waals surface area (Å²) in [5.41, 5.74) is 0. The van der Waals surface area contributed by atoms with E-state index < -0.39 is 22.0 Å². The topological polar surface area (TPSA) is 101 Å². The van der Waals surface area contributed by atoms with Crippen LogP contribution in [-0.4, -0.2) is 55.2 Å². The average Bonchev–Trinajstić information content (AvgIpc) is 2.27. The zero-order chi connectivity index (χ0) is 15.1. The van der Waals surface area contributed by atoms with Gasteiger partial charge in [-0.05, 0) is 20.3 Å². The van der Waals surface area contributed by atoms with Crippen molar-refractivity contribution >= 4 is 22.0 Å². The summed E-state index contributed by atoms with van der Waals surface area (Å²) in [6.07, 6.45) is -0.0553. The Kier molecular flexibility index (Phi) is 7.62. The van der Waals surface area contributed by atoms with Crippen LogP contribution < -0.4 is 0 Å². The number of carboxylic acid groups (broad SMARTS) is 1. The first-order chi connectivity index (χ1) is 8.70. The molecule has 1 N–H and O–H groups in total. The fraction of sp³-hybridized carbons (Fsp3) is 0.818. The predicted molar refractivity (Wildman–Crippen MR) is 69.1 cm³/mol. The van der Waals surface area contributed by atoms with Gasteiger partial charge >= 0.3 is 11.9 Å². The smallest absolute Gasteiger partial charge is 0.305 e. The number of hydrogen-bond acceptors (Lipinski definition) is 5. The SMILES string of the molecule is COC(=O)CCCS(=O)(=O)N(CCC(=O)O)C(C)C. The van der Waals surface area contributed by atoms with Gasteiger partial charge in [0.25, 0.3) is 0 Å². The van der Waals surface area contributed by atoms with Crippen molar-refractivity contribution in [3.8, 4) is 0 Å². The molecule has 0 atom stereocenters. The molecule has 0 aliphatic heterocycles. The van der Waals surface area contributed by atoms with Crippen LogP contribution in [0.4, 0.5) is 0 Å². The molecular weight excluding hydrogens is 274 g/mol. The Morgan fingerprint density at radius 2 is 1.84 bits per heavy atom. The van der Waals surface area contributed by atoms with Crippen LogP contribution in [0, 0.1) is 0 Å². The Morgan fingerprint density at radius 1 is 1.26 bits per heavy atom. The average molecular weight is 295 g/mol. The number of aliphatic carboxylic acids is 1. The number of nitrogens with zero attached hydrogens (tertiary/aromatic N) is 1. The van der Waals surface area contributed by atoms with Gasteiger partial charge in [-0.15, -0.1) is 0 Å². The van der Waals surface area contributed by atoms with Crippen LogP contribution in [0.25, 0.3) is 0 Å². The molecular formula is C11H21NO6S. The van der Waals surface area contributed by atoms with Crippen LogP contribution in [0.3, 0.4) is 0 Å². The monoisotopic (exact) mass is 295 g/mol. The quantitative estimate of drug-likeness (QED) is 0.620. The molecule has 0 aromatic rings. The van der Waals surface area contributed by atoms with E-state index >= 15 is 0 Å². The largest absolute Gasteiger partial charge is 0.481 e. The van der Waals surface area contributed by atoms with Gasteiger partial charge in [0.15, 0.2) is 0 Å². The lowest BCUT2D eigenvalue weighted by atomic mass is 10.3. The van der Waals surface area contributed by atoms with Gasteiger partial charge in [-0.2, -0.15) is 4.31 Å². The van der Waals surface area contributed by atoms with Crippen molar-refractivity contribution in [2.45, 2.75) is 39.2 Å². The van der Waals surface area contributed by atoms with Crippen molar-refractivity contribution < 1.29 is 27.9 Å². The van der Waals surface area contributed by atoms with E-state index in [1.807, 2.05) is 0 Å². The van der Waals surface area contributed by atoms with Gasteiger partial charge in [-0.1, -0.05) is 0 Å². The van der Waals surface area contributed by atoms with Crippen molar-refractivity contribution in [1.29, 1.82) is 0 Å². The third-order valence-electron chi connectivity index (χ3n) is 2.49. The second-order valence-corrected chi connectivity index (χ2v) is 6.38. The first-order valence-corrected chi connectivity index (χ1v) is 7.59. The van der Waals surface area contributed by atoms with Gasteiger partial charge in [-0.25, -0.2) is 8.42 Å². The third kappa shape index (κ3) is 7.12. The molecule has 0 heterocycles. The molecule has 0 amide bonds. The number of carbonyl (C=O) groups excluding carboxylic acids is 1. The Hall–Kier alpha value is -1.15. The van der Waals surface area contributed by atoms with Crippen LogP contribution >= 0.6 is 0 Å². The minimum absolute atomic E-state index is 0.0284. The van der Waals surface area contributed by atoms with Gasteiger partial charge in [0.1, 0.15) is 0 Å². The molecule has 0 bridgehead atoms. The molecule has 0 rings (SSSR count). The molecule has 0 unspecified atom stereocenters. The summed E-state index contributed by atoms with van der Waals surface area (Å²) < 4.78 is 29.6. The van der Waals surface area contributed by atoms with Gasteiger partial charge in [-0.3, -0.25) is 9.59 Å². The first-order valence-electron chi connectivity index (χ1n) is 5.99. The maximum atomic E-state index is 12.0. The van der Waals surface area contributed by atoms with E-state index in [1.54, 1.807) is 13.8 Å². The predicted octanol–water partition coefficient (Wildman–Crippen LogP) is 0.455. The van der Waals surface area contributed by atoms with E-state index in [9.17, 15) is 18.0 Å². The standard InChI is InChI=1S/C11H21NO6S/c1-9(2)12(7-6-10(13)14)19(16,17)8-4-5-11(15)18-3/h9H,4-8H2,1-3H3,(H,13,14). The molecule has 0 aliphatic rings. The second-order valence-electron chi connectivity index (χ2n) is 4.34. The number of sulfonamides is 1. The van der Waals surface area contributed by atoms with Crippen molar-refractivity contribution in [2.75, 3.05) is 19.4 Å². The highest BCUT2D eigenvalue weighted by molar-refractivity contribution is 7.89. The van der Waals surface area contributed by atoms with Gasteiger partial charge in [0.05, 0.1) is 19.3 Å². The van der Waals surface area contributed by atoms with E-state index in [-0.39, 0.29) is 37.6 Å².